The van der Waals surface area contributed by atoms with Gasteiger partial charge in [-0.15, -0.1) is 0 Å². The van der Waals surface area contributed by atoms with Crippen molar-refractivity contribution in [1.29, 1.82) is 0 Å². The first-order chi connectivity index (χ1) is 14.5. The largest absolute Gasteiger partial charge is 0.493 e. The van der Waals surface area contributed by atoms with Crippen molar-refractivity contribution in [3.8, 4) is 17.2 Å². The Labute approximate surface area is 180 Å². The standard InChI is InChI=1S/C23H24ClN3O3/c1-14(2)13-30-20-8-7-15(9-21(20)29-3)18-11-22(28)26-23-19(18)12-25-27(23)17-6-4-5-16(24)10-17/h4-10,12,14,18H,11,13H2,1-3H3,(H,26,28)/t18-/m1/s1. The summed E-state index contributed by atoms with van der Waals surface area (Å²) in [5.74, 6) is 2.24. The number of amides is 1. The van der Waals surface area contributed by atoms with Crippen molar-refractivity contribution in [3.63, 3.8) is 0 Å². The molecule has 0 unspecified atom stereocenters. The summed E-state index contributed by atoms with van der Waals surface area (Å²) < 4.78 is 13.1. The third-order valence-electron chi connectivity index (χ3n) is 5.04. The van der Waals surface area contributed by atoms with Gasteiger partial charge in [0, 0.05) is 22.9 Å². The first kappa shape index (κ1) is 20.3. The molecule has 0 bridgehead atoms. The van der Waals surface area contributed by atoms with Crippen molar-refractivity contribution < 1.29 is 14.3 Å². The van der Waals surface area contributed by atoms with Gasteiger partial charge < -0.3 is 14.8 Å². The molecule has 2 aromatic carbocycles. The molecule has 2 heterocycles. The molecule has 4 rings (SSSR count). The average molecular weight is 426 g/mol. The number of carbonyl (C=O) groups is 1. The van der Waals surface area contributed by atoms with Gasteiger partial charge in [0.1, 0.15) is 5.82 Å². The Morgan fingerprint density at radius 2 is 2.07 bits per heavy atom. The molecule has 0 fully saturated rings. The third kappa shape index (κ3) is 4.00. The molecule has 0 spiro atoms. The zero-order chi connectivity index (χ0) is 21.3. The van der Waals surface area contributed by atoms with E-state index in [1.807, 2.05) is 36.4 Å². The molecule has 30 heavy (non-hydrogen) atoms. The Hall–Kier alpha value is -2.99. The Bertz CT molecular complexity index is 1080. The number of ether oxygens (including phenoxy) is 2. The number of hydrogen-bond donors (Lipinski definition) is 1. The van der Waals surface area contributed by atoms with Crippen LogP contribution in [0.15, 0.2) is 48.7 Å². The number of nitrogens with one attached hydrogen (secondary N) is 1. The van der Waals surface area contributed by atoms with E-state index >= 15 is 0 Å². The number of anilines is 1. The number of benzene rings is 2. The molecule has 1 atom stereocenters. The van der Waals surface area contributed by atoms with E-state index in [0.717, 1.165) is 16.8 Å². The van der Waals surface area contributed by atoms with Crippen LogP contribution in [0, 0.1) is 5.92 Å². The fourth-order valence-corrected chi connectivity index (χ4v) is 3.78. The van der Waals surface area contributed by atoms with E-state index in [1.165, 1.54) is 0 Å². The lowest BCUT2D eigenvalue weighted by Gasteiger charge is -2.24. The van der Waals surface area contributed by atoms with Gasteiger partial charge in [-0.2, -0.15) is 5.10 Å². The van der Waals surface area contributed by atoms with E-state index in [-0.39, 0.29) is 11.8 Å². The van der Waals surface area contributed by atoms with E-state index in [4.69, 9.17) is 21.1 Å². The van der Waals surface area contributed by atoms with Gasteiger partial charge in [-0.1, -0.05) is 37.6 Å². The SMILES string of the molecule is COc1cc([C@H]2CC(=O)Nc3c2cnn3-c2cccc(Cl)c2)ccc1OCC(C)C. The molecule has 1 N–H and O–H groups in total. The van der Waals surface area contributed by atoms with Crippen LogP contribution in [-0.2, 0) is 4.79 Å². The van der Waals surface area contributed by atoms with E-state index in [2.05, 4.69) is 24.3 Å². The summed E-state index contributed by atoms with van der Waals surface area (Å²) >= 11 is 6.14. The zero-order valence-corrected chi connectivity index (χ0v) is 17.9. The van der Waals surface area contributed by atoms with Gasteiger partial charge >= 0.3 is 0 Å². The Balaban J connectivity index is 1.71. The summed E-state index contributed by atoms with van der Waals surface area (Å²) in [5, 5.41) is 8.09. The molecule has 0 radical (unpaired) electrons. The molecule has 7 heteroatoms. The number of halogens is 1. The molecule has 3 aromatic rings. The fraction of sp³-hybridized carbons (Fsp3) is 0.304. The van der Waals surface area contributed by atoms with Crippen LogP contribution in [0.2, 0.25) is 5.02 Å². The van der Waals surface area contributed by atoms with Crippen LogP contribution in [0.5, 0.6) is 11.5 Å². The van der Waals surface area contributed by atoms with E-state index < -0.39 is 0 Å². The topological polar surface area (TPSA) is 65.4 Å². The van der Waals surface area contributed by atoms with Crippen molar-refractivity contribution in [3.05, 3.63) is 64.8 Å². The number of hydrogen-bond acceptors (Lipinski definition) is 4. The molecule has 1 aromatic heterocycles. The fourth-order valence-electron chi connectivity index (χ4n) is 3.60. The average Bonchev–Trinajstić information content (AvgIpc) is 3.15. The molecular weight excluding hydrogens is 402 g/mol. The summed E-state index contributed by atoms with van der Waals surface area (Å²) in [6, 6.07) is 13.2. The lowest BCUT2D eigenvalue weighted by atomic mass is 9.87. The van der Waals surface area contributed by atoms with Gasteiger partial charge in [0.2, 0.25) is 5.91 Å². The number of methoxy groups -OCH3 is 1. The lowest BCUT2D eigenvalue weighted by Crippen LogP contribution is -2.24. The number of rotatable bonds is 6. The van der Waals surface area contributed by atoms with Gasteiger partial charge in [-0.25, -0.2) is 4.68 Å². The summed E-state index contributed by atoms with van der Waals surface area (Å²) in [5.41, 5.74) is 2.72. The molecule has 1 aliphatic heterocycles. The molecule has 1 aliphatic rings. The van der Waals surface area contributed by atoms with Gasteiger partial charge in [-0.3, -0.25) is 4.79 Å². The second-order valence-electron chi connectivity index (χ2n) is 7.76. The van der Waals surface area contributed by atoms with Crippen LogP contribution in [0.1, 0.15) is 37.3 Å². The minimum Gasteiger partial charge on any atom is -0.493 e. The second kappa shape index (κ2) is 8.40. The van der Waals surface area contributed by atoms with Crippen molar-refractivity contribution in [1.82, 2.24) is 9.78 Å². The Morgan fingerprint density at radius 3 is 2.80 bits per heavy atom. The number of nitrogens with zero attached hydrogens (tertiary/aromatic N) is 2. The molecule has 0 aliphatic carbocycles. The molecule has 6 nitrogen and oxygen atoms in total. The number of aromatic nitrogens is 2. The maximum absolute atomic E-state index is 12.5. The predicted molar refractivity (Wildman–Crippen MR) is 117 cm³/mol. The van der Waals surface area contributed by atoms with Crippen molar-refractivity contribution in [2.24, 2.45) is 5.92 Å². The smallest absolute Gasteiger partial charge is 0.226 e. The van der Waals surface area contributed by atoms with Gasteiger partial charge in [-0.05, 0) is 41.8 Å². The van der Waals surface area contributed by atoms with Crippen molar-refractivity contribution in [2.45, 2.75) is 26.2 Å². The minimum atomic E-state index is -0.130. The highest BCUT2D eigenvalue weighted by atomic mass is 35.5. The Morgan fingerprint density at radius 1 is 1.23 bits per heavy atom. The highest BCUT2D eigenvalue weighted by Crippen LogP contribution is 2.41. The van der Waals surface area contributed by atoms with E-state index in [0.29, 0.717) is 41.3 Å². The van der Waals surface area contributed by atoms with E-state index in [9.17, 15) is 4.79 Å². The summed E-state index contributed by atoms with van der Waals surface area (Å²) in [7, 11) is 1.62. The predicted octanol–water partition coefficient (Wildman–Crippen LogP) is 5.04. The van der Waals surface area contributed by atoms with Crippen molar-refractivity contribution in [2.75, 3.05) is 19.0 Å². The van der Waals surface area contributed by atoms with Crippen LogP contribution in [0.25, 0.3) is 5.69 Å². The summed E-state index contributed by atoms with van der Waals surface area (Å²) in [4.78, 5) is 12.5. The molecule has 1 amide bonds. The highest BCUT2D eigenvalue weighted by Gasteiger charge is 2.31. The maximum Gasteiger partial charge on any atom is 0.226 e. The van der Waals surface area contributed by atoms with Crippen LogP contribution in [0.3, 0.4) is 0 Å². The summed E-state index contributed by atoms with van der Waals surface area (Å²) in [6.45, 7) is 4.80. The van der Waals surface area contributed by atoms with Crippen LogP contribution < -0.4 is 14.8 Å². The molecule has 156 valence electrons. The van der Waals surface area contributed by atoms with E-state index in [1.54, 1.807) is 24.1 Å². The maximum atomic E-state index is 12.5. The van der Waals surface area contributed by atoms with Gasteiger partial charge in [0.05, 0.1) is 25.6 Å². The summed E-state index contributed by atoms with van der Waals surface area (Å²) in [6.07, 6.45) is 2.14. The number of fused-ring (bicyclic) bond motifs is 1. The van der Waals surface area contributed by atoms with Crippen LogP contribution >= 0.6 is 11.6 Å². The van der Waals surface area contributed by atoms with Crippen molar-refractivity contribution >= 4 is 23.3 Å². The first-order valence-corrected chi connectivity index (χ1v) is 10.3. The highest BCUT2D eigenvalue weighted by molar-refractivity contribution is 6.30. The van der Waals surface area contributed by atoms with Gasteiger partial charge in [0.25, 0.3) is 0 Å². The second-order valence-corrected chi connectivity index (χ2v) is 8.20. The normalized spacial score (nSPS) is 15.6. The number of carbonyl (C=O) groups excluding carboxylic acids is 1. The molecular formula is C23H24ClN3O3. The van der Waals surface area contributed by atoms with Gasteiger partial charge in [0.15, 0.2) is 11.5 Å². The van der Waals surface area contributed by atoms with Crippen LogP contribution in [0.4, 0.5) is 5.82 Å². The molecule has 0 saturated heterocycles. The third-order valence-corrected chi connectivity index (χ3v) is 5.27. The van der Waals surface area contributed by atoms with Crippen LogP contribution in [-0.4, -0.2) is 29.4 Å². The lowest BCUT2D eigenvalue weighted by molar-refractivity contribution is -0.116. The Kier molecular flexibility index (Phi) is 5.68. The monoisotopic (exact) mass is 425 g/mol. The molecule has 0 saturated carbocycles. The minimum absolute atomic E-state index is 0.0598. The zero-order valence-electron chi connectivity index (χ0n) is 17.2. The first-order valence-electron chi connectivity index (χ1n) is 9.90. The quantitative estimate of drug-likeness (QED) is 0.600.